The van der Waals surface area contributed by atoms with E-state index in [4.69, 9.17) is 0 Å². The summed E-state index contributed by atoms with van der Waals surface area (Å²) in [4.78, 5) is 14.8. The lowest BCUT2D eigenvalue weighted by atomic mass is 9.94. The van der Waals surface area contributed by atoms with Gasteiger partial charge in [-0.05, 0) is 60.7 Å². The molecular weight excluding hydrogens is 370 g/mol. The van der Waals surface area contributed by atoms with Gasteiger partial charge >= 0.3 is 0 Å². The van der Waals surface area contributed by atoms with Crippen molar-refractivity contribution in [2.75, 3.05) is 12.3 Å². The lowest BCUT2D eigenvalue weighted by Crippen LogP contribution is -2.41. The maximum Gasteiger partial charge on any atom is 0.222 e. The number of amides is 1. The number of thioether (sulfide) groups is 1. The smallest absolute Gasteiger partial charge is 0.222 e. The van der Waals surface area contributed by atoms with Gasteiger partial charge in [-0.1, -0.05) is 50.1 Å². The van der Waals surface area contributed by atoms with Gasteiger partial charge in [0.05, 0.1) is 5.69 Å². The van der Waals surface area contributed by atoms with Crippen molar-refractivity contribution in [3.05, 3.63) is 29.8 Å². The molecule has 0 saturated heterocycles. The third-order valence-corrected chi connectivity index (χ3v) is 6.48. The highest BCUT2D eigenvalue weighted by Crippen LogP contribution is 2.24. The normalized spacial score (nSPS) is 14.9. The van der Waals surface area contributed by atoms with Crippen LogP contribution in [0.1, 0.15) is 64.4 Å². The molecule has 3 rings (SSSR count). The second-order valence-electron chi connectivity index (χ2n) is 7.32. The van der Waals surface area contributed by atoms with Crippen LogP contribution in [-0.4, -0.2) is 49.4 Å². The molecule has 0 N–H and O–H groups in total. The average Bonchev–Trinajstić information content (AvgIpc) is 3.21. The largest absolute Gasteiger partial charge is 0.340 e. The molecule has 1 aliphatic rings. The number of carbonyl (C=O) groups excluding carboxylic acids is 1. The van der Waals surface area contributed by atoms with Crippen molar-refractivity contribution in [1.82, 2.24) is 25.1 Å². The highest BCUT2D eigenvalue weighted by atomic mass is 32.2. The topological polar surface area (TPSA) is 63.9 Å². The Morgan fingerprint density at radius 3 is 2.61 bits per heavy atom. The van der Waals surface area contributed by atoms with Gasteiger partial charge in [-0.15, -0.1) is 5.10 Å². The third kappa shape index (κ3) is 5.34. The molecule has 1 heterocycles. The number of benzene rings is 1. The van der Waals surface area contributed by atoms with Crippen LogP contribution in [0.15, 0.2) is 29.4 Å². The molecule has 2 aromatic rings. The van der Waals surface area contributed by atoms with E-state index in [9.17, 15) is 4.79 Å². The summed E-state index contributed by atoms with van der Waals surface area (Å²) < 4.78 is 1.77. The molecule has 1 fully saturated rings. The van der Waals surface area contributed by atoms with Crippen LogP contribution in [0.2, 0.25) is 0 Å². The van der Waals surface area contributed by atoms with Gasteiger partial charge in [0, 0.05) is 24.8 Å². The van der Waals surface area contributed by atoms with E-state index in [1.54, 1.807) is 16.4 Å². The first-order valence-corrected chi connectivity index (χ1v) is 11.5. The van der Waals surface area contributed by atoms with Crippen LogP contribution in [0, 0.1) is 0 Å². The van der Waals surface area contributed by atoms with Crippen LogP contribution >= 0.6 is 11.8 Å². The van der Waals surface area contributed by atoms with Gasteiger partial charge in [0.1, 0.15) is 0 Å². The molecule has 1 saturated carbocycles. The number of rotatable bonds is 9. The van der Waals surface area contributed by atoms with Gasteiger partial charge < -0.3 is 4.90 Å². The molecule has 7 heteroatoms. The molecule has 1 aromatic heterocycles. The standard InChI is InChI=1S/C21H31N5OS/c1-3-17-12-14-19(15-13-17)26-21(22-23-24-26)28-16-8-11-20(27)25(4-2)18-9-6-5-7-10-18/h12-15,18H,3-11,16H2,1-2H3. The molecule has 152 valence electrons. The van der Waals surface area contributed by atoms with E-state index in [-0.39, 0.29) is 0 Å². The first-order valence-electron chi connectivity index (χ1n) is 10.5. The summed E-state index contributed by atoms with van der Waals surface area (Å²) in [6.07, 6.45) is 8.62. The van der Waals surface area contributed by atoms with Crippen LogP contribution in [0.4, 0.5) is 0 Å². The summed E-state index contributed by atoms with van der Waals surface area (Å²) in [7, 11) is 0. The van der Waals surface area contributed by atoms with E-state index < -0.39 is 0 Å². The first kappa shape index (κ1) is 20.8. The molecule has 0 bridgehead atoms. The fourth-order valence-electron chi connectivity index (χ4n) is 3.87. The molecule has 0 atom stereocenters. The van der Waals surface area contributed by atoms with Crippen LogP contribution in [0.3, 0.4) is 0 Å². The zero-order valence-corrected chi connectivity index (χ0v) is 17.8. The van der Waals surface area contributed by atoms with Crippen molar-refractivity contribution in [2.24, 2.45) is 0 Å². The highest BCUT2D eigenvalue weighted by Gasteiger charge is 2.23. The molecule has 6 nitrogen and oxygen atoms in total. The molecular formula is C21H31N5OS. The van der Waals surface area contributed by atoms with E-state index in [2.05, 4.69) is 46.4 Å². The maximum absolute atomic E-state index is 12.7. The van der Waals surface area contributed by atoms with Gasteiger partial charge in [-0.25, -0.2) is 0 Å². The molecule has 0 radical (unpaired) electrons. The Morgan fingerprint density at radius 1 is 1.18 bits per heavy atom. The third-order valence-electron chi connectivity index (χ3n) is 5.47. The summed E-state index contributed by atoms with van der Waals surface area (Å²) in [6.45, 7) is 5.06. The van der Waals surface area contributed by atoms with E-state index in [1.807, 2.05) is 12.1 Å². The SMILES string of the molecule is CCc1ccc(-n2nnnc2SCCCC(=O)N(CC)C2CCCCC2)cc1. The summed E-state index contributed by atoms with van der Waals surface area (Å²) in [6, 6.07) is 8.76. The molecule has 0 spiro atoms. The van der Waals surface area contributed by atoms with Gasteiger partial charge in [0.2, 0.25) is 11.1 Å². The summed E-state index contributed by atoms with van der Waals surface area (Å²) in [5, 5.41) is 12.9. The minimum Gasteiger partial charge on any atom is -0.340 e. The Balaban J connectivity index is 1.48. The minimum atomic E-state index is 0.296. The number of hydrogen-bond donors (Lipinski definition) is 0. The van der Waals surface area contributed by atoms with Gasteiger partial charge in [-0.3, -0.25) is 4.79 Å². The van der Waals surface area contributed by atoms with Crippen LogP contribution < -0.4 is 0 Å². The predicted molar refractivity (Wildman–Crippen MR) is 113 cm³/mol. The number of hydrogen-bond acceptors (Lipinski definition) is 5. The molecule has 28 heavy (non-hydrogen) atoms. The average molecular weight is 402 g/mol. The van der Waals surface area contributed by atoms with Crippen LogP contribution in [-0.2, 0) is 11.2 Å². The zero-order chi connectivity index (χ0) is 19.8. The Bertz CT molecular complexity index is 740. The Labute approximate surface area is 172 Å². The zero-order valence-electron chi connectivity index (χ0n) is 17.0. The molecule has 0 aliphatic heterocycles. The number of aryl methyl sites for hydroxylation is 1. The van der Waals surface area contributed by atoms with Gasteiger partial charge in [0.15, 0.2) is 0 Å². The van der Waals surface area contributed by atoms with Crippen molar-refractivity contribution >= 4 is 17.7 Å². The monoisotopic (exact) mass is 401 g/mol. The van der Waals surface area contributed by atoms with Crippen LogP contribution in [0.5, 0.6) is 0 Å². The summed E-state index contributed by atoms with van der Waals surface area (Å²) in [5.74, 6) is 1.13. The fourth-order valence-corrected chi connectivity index (χ4v) is 4.69. The van der Waals surface area contributed by atoms with E-state index in [0.717, 1.165) is 36.0 Å². The second kappa shape index (κ2) is 10.6. The number of nitrogens with zero attached hydrogens (tertiary/aromatic N) is 5. The quantitative estimate of drug-likeness (QED) is 0.463. The molecule has 1 aromatic carbocycles. The van der Waals surface area contributed by atoms with E-state index in [1.165, 1.54) is 37.7 Å². The lowest BCUT2D eigenvalue weighted by Gasteiger charge is -2.33. The predicted octanol–water partition coefficient (Wildman–Crippen LogP) is 4.28. The Morgan fingerprint density at radius 2 is 1.93 bits per heavy atom. The van der Waals surface area contributed by atoms with Gasteiger partial charge in [0.25, 0.3) is 0 Å². The number of aromatic nitrogens is 4. The van der Waals surface area contributed by atoms with Crippen molar-refractivity contribution in [3.63, 3.8) is 0 Å². The van der Waals surface area contributed by atoms with Crippen molar-refractivity contribution < 1.29 is 4.79 Å². The fraction of sp³-hybridized carbons (Fsp3) is 0.619. The highest BCUT2D eigenvalue weighted by molar-refractivity contribution is 7.99. The second-order valence-corrected chi connectivity index (χ2v) is 8.38. The minimum absolute atomic E-state index is 0.296. The van der Waals surface area contributed by atoms with Crippen molar-refractivity contribution in [1.29, 1.82) is 0 Å². The number of carbonyl (C=O) groups is 1. The number of tetrazole rings is 1. The molecule has 1 aliphatic carbocycles. The van der Waals surface area contributed by atoms with Crippen LogP contribution in [0.25, 0.3) is 5.69 Å². The molecule has 0 unspecified atom stereocenters. The van der Waals surface area contributed by atoms with Crippen molar-refractivity contribution in [3.8, 4) is 5.69 Å². The van der Waals surface area contributed by atoms with Gasteiger partial charge in [-0.2, -0.15) is 4.68 Å². The maximum atomic E-state index is 12.7. The van der Waals surface area contributed by atoms with E-state index >= 15 is 0 Å². The summed E-state index contributed by atoms with van der Waals surface area (Å²) in [5.41, 5.74) is 2.26. The van der Waals surface area contributed by atoms with E-state index in [0.29, 0.717) is 18.4 Å². The molecule has 1 amide bonds. The summed E-state index contributed by atoms with van der Waals surface area (Å²) >= 11 is 1.61. The van der Waals surface area contributed by atoms with Crippen molar-refractivity contribution in [2.45, 2.75) is 76.4 Å². The lowest BCUT2D eigenvalue weighted by molar-refractivity contribution is -0.133. The first-order chi connectivity index (χ1) is 13.7. The Hall–Kier alpha value is -1.89. The Kier molecular flexibility index (Phi) is 7.89.